The monoisotopic (exact) mass is 658 g/mol. The Morgan fingerprint density at radius 1 is 1.04 bits per heavy atom. The van der Waals surface area contributed by atoms with Gasteiger partial charge in [0.2, 0.25) is 0 Å². The molecular formula is C40H58N4O4. The molecule has 3 heterocycles. The molecular weight excluding hydrogens is 600 g/mol. The smallest absolute Gasteiger partial charge is 0.310 e. The van der Waals surface area contributed by atoms with E-state index in [0.29, 0.717) is 11.8 Å². The highest BCUT2D eigenvalue weighted by molar-refractivity contribution is 5.80. The number of anilines is 1. The second-order valence-electron chi connectivity index (χ2n) is 18.9. The number of hydrogen-bond donors (Lipinski definition) is 3. The van der Waals surface area contributed by atoms with E-state index in [9.17, 15) is 9.90 Å². The van der Waals surface area contributed by atoms with Crippen molar-refractivity contribution >= 4 is 17.4 Å². The molecule has 4 N–H and O–H groups in total. The first-order valence-corrected chi connectivity index (χ1v) is 18.7. The van der Waals surface area contributed by atoms with Crippen molar-refractivity contribution in [2.45, 2.75) is 118 Å². The van der Waals surface area contributed by atoms with Crippen LogP contribution in [0.15, 0.2) is 22.3 Å². The number of H-pyrrole nitrogens is 1. The molecule has 8 heteroatoms. The molecule has 0 amide bonds. The van der Waals surface area contributed by atoms with E-state index in [0.717, 1.165) is 108 Å². The summed E-state index contributed by atoms with van der Waals surface area (Å²) in [5.41, 5.74) is 12.2. The highest BCUT2D eigenvalue weighted by Gasteiger charge is 2.70. The number of allylic oxidation sites excluding steroid dienone is 2. The molecule has 0 aromatic carbocycles. The number of nitrogens with zero attached hydrogens (tertiary/aromatic N) is 2. The van der Waals surface area contributed by atoms with Crippen molar-refractivity contribution in [3.63, 3.8) is 0 Å². The van der Waals surface area contributed by atoms with Crippen LogP contribution in [0.5, 0.6) is 0 Å². The maximum absolute atomic E-state index is 13.5. The Morgan fingerprint density at radius 2 is 1.77 bits per heavy atom. The summed E-state index contributed by atoms with van der Waals surface area (Å²) in [7, 11) is 0. The molecule has 0 radical (unpaired) electrons. The van der Waals surface area contributed by atoms with Crippen LogP contribution in [0.1, 0.15) is 122 Å². The third-order valence-corrected chi connectivity index (χ3v) is 15.8. The molecule has 1 saturated heterocycles. The first-order chi connectivity index (χ1) is 22.6. The Hall–Kier alpha value is -2.58. The predicted octanol–water partition coefficient (Wildman–Crippen LogP) is 7.84. The van der Waals surface area contributed by atoms with Crippen LogP contribution in [0.2, 0.25) is 0 Å². The Balaban J connectivity index is 1.31. The minimum Gasteiger partial charge on any atom is -0.481 e. The summed E-state index contributed by atoms with van der Waals surface area (Å²) in [6.45, 7) is 21.3. The summed E-state index contributed by atoms with van der Waals surface area (Å²) in [4.78, 5) is 15.9. The second-order valence-corrected chi connectivity index (χ2v) is 18.9. The zero-order valence-electron chi connectivity index (χ0n) is 30.4. The average Bonchev–Trinajstić information content (AvgIpc) is 3.64. The molecule has 262 valence electrons. The van der Waals surface area contributed by atoms with Crippen LogP contribution in [-0.4, -0.2) is 52.5 Å². The summed E-state index contributed by atoms with van der Waals surface area (Å²) in [6.07, 6.45) is 10.5. The summed E-state index contributed by atoms with van der Waals surface area (Å²) in [6, 6.07) is 2.30. The zero-order valence-corrected chi connectivity index (χ0v) is 30.4. The van der Waals surface area contributed by atoms with Gasteiger partial charge >= 0.3 is 5.97 Å². The van der Waals surface area contributed by atoms with Gasteiger partial charge in [-0.2, -0.15) is 5.10 Å². The molecule has 3 saturated carbocycles. The van der Waals surface area contributed by atoms with Crippen LogP contribution in [0, 0.1) is 44.8 Å². The van der Waals surface area contributed by atoms with Gasteiger partial charge in [0.15, 0.2) is 0 Å². The Bertz CT molecular complexity index is 1660. The number of nitrogens with one attached hydrogen (secondary N) is 1. The lowest BCUT2D eigenvalue weighted by Crippen LogP contribution is -2.65. The number of nitrogen functional groups attached to an aromatic ring is 1. The third kappa shape index (κ3) is 4.32. The van der Waals surface area contributed by atoms with Gasteiger partial charge in [0.1, 0.15) is 11.6 Å². The van der Waals surface area contributed by atoms with Crippen LogP contribution in [-0.2, 0) is 27.9 Å². The molecule has 6 aliphatic rings. The van der Waals surface area contributed by atoms with Crippen molar-refractivity contribution in [2.24, 2.45) is 44.8 Å². The van der Waals surface area contributed by atoms with Gasteiger partial charge in [-0.15, -0.1) is 0 Å². The predicted molar refractivity (Wildman–Crippen MR) is 187 cm³/mol. The third-order valence-electron chi connectivity index (χ3n) is 15.8. The maximum Gasteiger partial charge on any atom is 0.310 e. The van der Waals surface area contributed by atoms with Gasteiger partial charge in [-0.05, 0) is 109 Å². The number of aliphatic carboxylic acids is 1. The molecule has 1 aliphatic heterocycles. The molecule has 7 atom stereocenters. The van der Waals surface area contributed by atoms with Gasteiger partial charge < -0.3 is 20.0 Å². The van der Waals surface area contributed by atoms with Crippen LogP contribution in [0.4, 0.5) is 5.82 Å². The molecule has 5 aliphatic carbocycles. The number of hydrogen-bond acceptors (Lipinski definition) is 6. The molecule has 4 fully saturated rings. The SMILES string of the molecule is CC1(C)CCC2(C(=O)O)CCC3(C)C(=C(c4coc(CN5CCOCC5)c4)CC4C5(C)Cc6c(n[nH]c6N)C(C)(C)C5CCC43C)C2C1. The molecule has 2 aromatic heterocycles. The number of carboxylic acids is 1. The van der Waals surface area contributed by atoms with E-state index < -0.39 is 11.4 Å². The number of ether oxygens (including phenoxy) is 1. The van der Waals surface area contributed by atoms with E-state index in [1.54, 1.807) is 0 Å². The Labute approximate surface area is 286 Å². The van der Waals surface area contributed by atoms with Gasteiger partial charge in [-0.25, -0.2) is 0 Å². The Kier molecular flexibility index (Phi) is 7.12. The van der Waals surface area contributed by atoms with Crippen LogP contribution >= 0.6 is 0 Å². The number of rotatable bonds is 4. The highest BCUT2D eigenvalue weighted by atomic mass is 16.5. The largest absolute Gasteiger partial charge is 0.481 e. The molecule has 0 spiro atoms. The van der Waals surface area contributed by atoms with Crippen molar-refractivity contribution in [3.05, 3.63) is 40.5 Å². The second kappa shape index (κ2) is 10.5. The summed E-state index contributed by atoms with van der Waals surface area (Å²) in [5.74, 6) is 2.02. The van der Waals surface area contributed by atoms with Gasteiger partial charge in [-0.1, -0.05) is 54.0 Å². The summed E-state index contributed by atoms with van der Waals surface area (Å²) in [5, 5.41) is 19.0. The number of carbonyl (C=O) groups is 1. The summed E-state index contributed by atoms with van der Waals surface area (Å²) >= 11 is 0. The minimum atomic E-state index is -0.701. The number of morpholine rings is 1. The van der Waals surface area contributed by atoms with Gasteiger partial charge in [0, 0.05) is 29.6 Å². The lowest BCUT2D eigenvalue weighted by molar-refractivity contribution is -0.175. The molecule has 8 rings (SSSR count). The normalized spacial score (nSPS) is 40.3. The molecule has 0 bridgehead atoms. The maximum atomic E-state index is 13.5. The van der Waals surface area contributed by atoms with Crippen molar-refractivity contribution in [3.8, 4) is 0 Å². The lowest BCUT2D eigenvalue weighted by Gasteiger charge is -2.71. The molecule has 48 heavy (non-hydrogen) atoms. The fourth-order valence-electron chi connectivity index (χ4n) is 13.0. The van der Waals surface area contributed by atoms with E-state index in [1.165, 1.54) is 22.3 Å². The average molecular weight is 659 g/mol. The first kappa shape index (κ1) is 32.6. The highest BCUT2D eigenvalue weighted by Crippen LogP contribution is 2.77. The van der Waals surface area contributed by atoms with E-state index in [2.05, 4.69) is 64.5 Å². The van der Waals surface area contributed by atoms with Crippen LogP contribution in [0.3, 0.4) is 0 Å². The number of aromatic amines is 1. The van der Waals surface area contributed by atoms with Crippen molar-refractivity contribution < 1.29 is 19.1 Å². The molecule has 8 nitrogen and oxygen atoms in total. The number of aromatic nitrogens is 2. The lowest BCUT2D eigenvalue weighted by atomic mass is 9.33. The van der Waals surface area contributed by atoms with E-state index in [-0.39, 0.29) is 33.0 Å². The number of nitrogens with two attached hydrogens (primary N) is 1. The topological polar surface area (TPSA) is 118 Å². The van der Waals surface area contributed by atoms with Crippen molar-refractivity contribution in [2.75, 3.05) is 32.0 Å². The van der Waals surface area contributed by atoms with Gasteiger partial charge in [0.05, 0.1) is 37.1 Å². The van der Waals surface area contributed by atoms with Crippen LogP contribution in [0.25, 0.3) is 5.57 Å². The fraction of sp³-hybridized carbons (Fsp3) is 0.750. The van der Waals surface area contributed by atoms with E-state index >= 15 is 0 Å². The first-order valence-electron chi connectivity index (χ1n) is 18.7. The fourth-order valence-corrected chi connectivity index (χ4v) is 13.0. The van der Waals surface area contributed by atoms with Crippen molar-refractivity contribution in [1.29, 1.82) is 0 Å². The summed E-state index contributed by atoms with van der Waals surface area (Å²) < 4.78 is 12.0. The van der Waals surface area contributed by atoms with Crippen molar-refractivity contribution in [1.82, 2.24) is 15.1 Å². The number of carboxylic acid groups (broad SMARTS) is 1. The van der Waals surface area contributed by atoms with Crippen LogP contribution < -0.4 is 5.73 Å². The molecule has 7 unspecified atom stereocenters. The van der Waals surface area contributed by atoms with Gasteiger partial charge in [-0.3, -0.25) is 14.8 Å². The van der Waals surface area contributed by atoms with E-state index in [4.69, 9.17) is 20.0 Å². The molecule has 2 aromatic rings. The minimum absolute atomic E-state index is 0.00875. The standard InChI is InChI=1S/C40H58N4O4/c1-35(2)10-12-40(34(45)46)13-11-39(7)31(28(40)21-35)26(24-18-25(48-23-24)22-44-14-16-47-17-15-44)19-30-37(5)20-27-32(42-43-33(27)41)36(3,4)29(37)8-9-38(30,39)6/h18,23,28-30H,8-17,19-22H2,1-7H3,(H,45,46)(H3,41,42,43). The number of furan rings is 1. The van der Waals surface area contributed by atoms with Gasteiger partial charge in [0.25, 0.3) is 0 Å². The zero-order chi connectivity index (χ0) is 34.1. The Morgan fingerprint density at radius 3 is 2.50 bits per heavy atom. The van der Waals surface area contributed by atoms with E-state index in [1.807, 2.05) is 6.26 Å². The quantitative estimate of drug-likeness (QED) is 0.306. The number of fused-ring (bicyclic) bond motifs is 8.